The van der Waals surface area contributed by atoms with E-state index in [9.17, 15) is 4.79 Å². The summed E-state index contributed by atoms with van der Waals surface area (Å²) < 4.78 is 5.74. The van der Waals surface area contributed by atoms with Gasteiger partial charge in [-0.1, -0.05) is 30.1 Å². The van der Waals surface area contributed by atoms with Crippen LogP contribution in [0, 0.1) is 0 Å². The van der Waals surface area contributed by atoms with E-state index in [1.165, 1.54) is 6.92 Å². The van der Waals surface area contributed by atoms with E-state index in [-0.39, 0.29) is 5.78 Å². The van der Waals surface area contributed by atoms with Crippen molar-refractivity contribution >= 4 is 29.0 Å². The van der Waals surface area contributed by atoms with Gasteiger partial charge in [0.05, 0.1) is 5.02 Å². The second-order valence-electron chi connectivity index (χ2n) is 4.41. The van der Waals surface area contributed by atoms with Gasteiger partial charge in [0, 0.05) is 10.6 Å². The lowest BCUT2D eigenvalue weighted by Crippen LogP contribution is -1.93. The maximum atomic E-state index is 11.3. The molecule has 0 aliphatic rings. The third-order valence-corrected chi connectivity index (χ3v) is 3.63. The van der Waals surface area contributed by atoms with Gasteiger partial charge in [-0.3, -0.25) is 4.79 Å². The summed E-state index contributed by atoms with van der Waals surface area (Å²) in [7, 11) is 0. The maximum absolute atomic E-state index is 11.3. The third-order valence-electron chi connectivity index (χ3n) is 2.96. The zero-order valence-electron chi connectivity index (χ0n) is 11.2. The molecule has 0 aliphatic heterocycles. The van der Waals surface area contributed by atoms with Gasteiger partial charge in [-0.05, 0) is 55.3 Å². The molecule has 0 atom stereocenters. The van der Waals surface area contributed by atoms with E-state index in [4.69, 9.17) is 27.9 Å². The second-order valence-corrected chi connectivity index (χ2v) is 5.22. The van der Waals surface area contributed by atoms with Crippen LogP contribution in [0.4, 0.5) is 0 Å². The Bertz CT molecular complexity index is 651. The number of rotatable bonds is 4. The normalized spacial score (nSPS) is 10.4. The molecule has 0 spiro atoms. The van der Waals surface area contributed by atoms with Crippen LogP contribution in [0.2, 0.25) is 10.0 Å². The molecule has 2 rings (SSSR count). The zero-order valence-corrected chi connectivity index (χ0v) is 12.8. The van der Waals surface area contributed by atoms with Crippen LogP contribution in [0.3, 0.4) is 0 Å². The summed E-state index contributed by atoms with van der Waals surface area (Å²) in [6, 6.07) is 10.5. The Morgan fingerprint density at radius 3 is 2.45 bits per heavy atom. The van der Waals surface area contributed by atoms with Gasteiger partial charge in [-0.2, -0.15) is 0 Å². The van der Waals surface area contributed by atoms with Crippen molar-refractivity contribution in [3.63, 3.8) is 0 Å². The van der Waals surface area contributed by atoms with Crippen molar-refractivity contribution in [1.29, 1.82) is 0 Å². The number of ketones is 1. The van der Waals surface area contributed by atoms with E-state index in [0.717, 1.165) is 17.0 Å². The predicted octanol–water partition coefficient (Wildman–Crippen LogP) is 5.55. The van der Waals surface area contributed by atoms with Gasteiger partial charge in [-0.15, -0.1) is 0 Å². The summed E-state index contributed by atoms with van der Waals surface area (Å²) in [4.78, 5) is 11.3. The molecule has 0 fully saturated rings. The molecule has 0 N–H and O–H groups in total. The van der Waals surface area contributed by atoms with Crippen molar-refractivity contribution in [3.8, 4) is 11.5 Å². The first kappa shape index (κ1) is 14.9. The predicted molar refractivity (Wildman–Crippen MR) is 82.4 cm³/mol. The van der Waals surface area contributed by atoms with E-state index >= 15 is 0 Å². The van der Waals surface area contributed by atoms with Crippen LogP contribution < -0.4 is 4.74 Å². The molecule has 0 radical (unpaired) electrons. The summed E-state index contributed by atoms with van der Waals surface area (Å²) in [5, 5.41) is 1.13. The first-order chi connectivity index (χ1) is 9.51. The quantitative estimate of drug-likeness (QED) is 0.692. The van der Waals surface area contributed by atoms with Crippen LogP contribution in [-0.4, -0.2) is 5.78 Å². The molecule has 0 unspecified atom stereocenters. The fourth-order valence-electron chi connectivity index (χ4n) is 1.82. The number of carbonyl (C=O) groups is 1. The lowest BCUT2D eigenvalue weighted by Gasteiger charge is -2.10. The van der Waals surface area contributed by atoms with Crippen molar-refractivity contribution < 1.29 is 9.53 Å². The summed E-state index contributed by atoms with van der Waals surface area (Å²) in [5.74, 6) is 1.16. The van der Waals surface area contributed by atoms with Crippen molar-refractivity contribution in [1.82, 2.24) is 0 Å². The number of carbonyl (C=O) groups excluding carboxylic acids is 1. The number of hydrogen-bond acceptors (Lipinski definition) is 2. The Hall–Kier alpha value is -1.51. The summed E-state index contributed by atoms with van der Waals surface area (Å²) in [6.07, 6.45) is 0.826. The number of halogens is 2. The van der Waals surface area contributed by atoms with Crippen LogP contribution in [0.15, 0.2) is 36.4 Å². The Morgan fingerprint density at radius 2 is 1.85 bits per heavy atom. The molecule has 4 heteroatoms. The lowest BCUT2D eigenvalue weighted by atomic mass is 10.1. The van der Waals surface area contributed by atoms with Crippen molar-refractivity contribution in [2.75, 3.05) is 0 Å². The van der Waals surface area contributed by atoms with E-state index in [1.807, 2.05) is 13.0 Å². The van der Waals surface area contributed by atoms with Gasteiger partial charge in [0.1, 0.15) is 11.5 Å². The van der Waals surface area contributed by atoms with Gasteiger partial charge in [0.25, 0.3) is 0 Å². The standard InChI is InChI=1S/C16H14Cl2O2/c1-3-11-8-13(5-6-14(11)17)20-16-7-4-12(10(2)19)9-15(16)18/h4-9H,3H2,1-2H3. The van der Waals surface area contributed by atoms with Crippen LogP contribution in [0.25, 0.3) is 0 Å². The number of ether oxygens (including phenoxy) is 1. The molecule has 2 nitrogen and oxygen atoms in total. The summed E-state index contributed by atoms with van der Waals surface area (Å²) in [5.41, 5.74) is 1.58. The lowest BCUT2D eigenvalue weighted by molar-refractivity contribution is 0.101. The minimum Gasteiger partial charge on any atom is -0.456 e. The summed E-state index contributed by atoms with van der Waals surface area (Å²) >= 11 is 12.2. The Labute approximate surface area is 128 Å². The Balaban J connectivity index is 2.28. The van der Waals surface area contributed by atoms with Gasteiger partial charge in [0.2, 0.25) is 0 Å². The van der Waals surface area contributed by atoms with Gasteiger partial charge < -0.3 is 4.74 Å². The van der Waals surface area contributed by atoms with E-state index in [2.05, 4.69) is 0 Å². The van der Waals surface area contributed by atoms with Crippen LogP contribution in [0.5, 0.6) is 11.5 Å². The molecule has 0 heterocycles. The fraction of sp³-hybridized carbons (Fsp3) is 0.188. The van der Waals surface area contributed by atoms with Gasteiger partial charge >= 0.3 is 0 Å². The average Bonchev–Trinajstić information content (AvgIpc) is 2.42. The molecule has 20 heavy (non-hydrogen) atoms. The molecule has 0 amide bonds. The van der Waals surface area contributed by atoms with Gasteiger partial charge in [-0.25, -0.2) is 0 Å². The maximum Gasteiger partial charge on any atom is 0.159 e. The molecular weight excluding hydrogens is 295 g/mol. The molecule has 0 bridgehead atoms. The largest absolute Gasteiger partial charge is 0.456 e. The van der Waals surface area contributed by atoms with Crippen LogP contribution in [0.1, 0.15) is 29.8 Å². The highest BCUT2D eigenvalue weighted by Crippen LogP contribution is 2.32. The third kappa shape index (κ3) is 3.33. The topological polar surface area (TPSA) is 26.3 Å². The van der Waals surface area contributed by atoms with Crippen LogP contribution >= 0.6 is 23.2 Å². The molecule has 104 valence electrons. The van der Waals surface area contributed by atoms with Crippen molar-refractivity contribution in [2.45, 2.75) is 20.3 Å². The first-order valence-electron chi connectivity index (χ1n) is 6.28. The van der Waals surface area contributed by atoms with E-state index < -0.39 is 0 Å². The number of hydrogen-bond donors (Lipinski definition) is 0. The van der Waals surface area contributed by atoms with E-state index in [0.29, 0.717) is 22.1 Å². The highest BCUT2D eigenvalue weighted by atomic mass is 35.5. The van der Waals surface area contributed by atoms with E-state index in [1.54, 1.807) is 30.3 Å². The fourth-order valence-corrected chi connectivity index (χ4v) is 2.29. The molecule has 0 saturated heterocycles. The Kier molecular flexibility index (Phi) is 4.69. The minimum atomic E-state index is -0.0294. The zero-order chi connectivity index (χ0) is 14.7. The minimum absolute atomic E-state index is 0.0294. The smallest absolute Gasteiger partial charge is 0.159 e. The molecule has 0 aromatic heterocycles. The van der Waals surface area contributed by atoms with Crippen molar-refractivity contribution in [3.05, 3.63) is 57.6 Å². The number of benzene rings is 2. The molecule has 2 aromatic rings. The number of aryl methyl sites for hydroxylation is 1. The molecule has 0 aliphatic carbocycles. The summed E-state index contributed by atoms with van der Waals surface area (Å²) in [6.45, 7) is 3.53. The first-order valence-corrected chi connectivity index (χ1v) is 7.03. The highest BCUT2D eigenvalue weighted by Gasteiger charge is 2.08. The second kappa shape index (κ2) is 6.29. The molecule has 0 saturated carbocycles. The van der Waals surface area contributed by atoms with Crippen LogP contribution in [-0.2, 0) is 6.42 Å². The van der Waals surface area contributed by atoms with Crippen molar-refractivity contribution in [2.24, 2.45) is 0 Å². The molecular formula is C16H14Cl2O2. The SMILES string of the molecule is CCc1cc(Oc2ccc(C(C)=O)cc2Cl)ccc1Cl. The number of Topliss-reactive ketones (excluding diaryl/α,β-unsaturated/α-hetero) is 1. The Morgan fingerprint density at radius 1 is 1.10 bits per heavy atom. The average molecular weight is 309 g/mol. The monoisotopic (exact) mass is 308 g/mol. The molecule has 2 aromatic carbocycles. The van der Waals surface area contributed by atoms with Gasteiger partial charge in [0.15, 0.2) is 5.78 Å². The highest BCUT2D eigenvalue weighted by molar-refractivity contribution is 6.32.